The number of aromatic nitrogens is 3. The third-order valence-electron chi connectivity index (χ3n) is 3.87. The topological polar surface area (TPSA) is 42.7 Å². The first-order valence-corrected chi connectivity index (χ1v) is 7.46. The molecular weight excluding hydrogens is 260 g/mol. The Morgan fingerprint density at radius 1 is 1.05 bits per heavy atom. The lowest BCUT2D eigenvalue weighted by molar-refractivity contribution is 0.668. The molecule has 1 aliphatic rings. The minimum Gasteiger partial charge on any atom is -0.324 e. The summed E-state index contributed by atoms with van der Waals surface area (Å²) in [4.78, 5) is 9.17. The Kier molecular flexibility index (Phi) is 3.16. The number of nitrogens with one attached hydrogen (secondary N) is 1. The highest BCUT2D eigenvalue weighted by atomic mass is 15.1. The van der Waals surface area contributed by atoms with Crippen molar-refractivity contribution in [3.8, 4) is 0 Å². The summed E-state index contributed by atoms with van der Waals surface area (Å²) in [6.45, 7) is 1.63. The van der Waals surface area contributed by atoms with Crippen molar-refractivity contribution in [1.82, 2.24) is 19.9 Å². The molecule has 0 aliphatic heterocycles. The molecule has 0 bridgehead atoms. The highest BCUT2D eigenvalue weighted by molar-refractivity contribution is 5.75. The lowest BCUT2D eigenvalue weighted by Gasteiger charge is -2.07. The van der Waals surface area contributed by atoms with Crippen LogP contribution in [0.2, 0.25) is 0 Å². The van der Waals surface area contributed by atoms with Crippen molar-refractivity contribution in [2.75, 3.05) is 0 Å². The van der Waals surface area contributed by atoms with Gasteiger partial charge in [-0.15, -0.1) is 0 Å². The molecule has 106 valence electrons. The van der Waals surface area contributed by atoms with E-state index in [1.54, 1.807) is 0 Å². The van der Waals surface area contributed by atoms with Crippen LogP contribution in [0.1, 0.15) is 24.2 Å². The van der Waals surface area contributed by atoms with Gasteiger partial charge >= 0.3 is 0 Å². The number of fused-ring (bicyclic) bond motifs is 1. The van der Waals surface area contributed by atoms with Crippen LogP contribution in [-0.2, 0) is 13.1 Å². The average Bonchev–Trinajstić information content (AvgIpc) is 3.27. The molecule has 1 aromatic carbocycles. The highest BCUT2D eigenvalue weighted by Gasteiger charge is 2.20. The van der Waals surface area contributed by atoms with Gasteiger partial charge in [0.1, 0.15) is 0 Å². The van der Waals surface area contributed by atoms with Crippen LogP contribution in [0.15, 0.2) is 48.8 Å². The summed E-state index contributed by atoms with van der Waals surface area (Å²) < 4.78 is 2.15. The predicted molar refractivity (Wildman–Crippen MR) is 82.9 cm³/mol. The lowest BCUT2D eigenvalue weighted by atomic mass is 10.2. The van der Waals surface area contributed by atoms with E-state index < -0.39 is 0 Å². The van der Waals surface area contributed by atoms with Crippen LogP contribution in [0.5, 0.6) is 0 Å². The van der Waals surface area contributed by atoms with E-state index in [9.17, 15) is 0 Å². The van der Waals surface area contributed by atoms with E-state index in [1.807, 2.05) is 24.5 Å². The van der Waals surface area contributed by atoms with Gasteiger partial charge in [0.05, 0.1) is 35.3 Å². The Hall–Kier alpha value is -2.20. The molecule has 0 amide bonds. The van der Waals surface area contributed by atoms with E-state index in [0.717, 1.165) is 35.5 Å². The van der Waals surface area contributed by atoms with Crippen LogP contribution in [0.25, 0.3) is 11.0 Å². The minimum atomic E-state index is 0.716. The second-order valence-electron chi connectivity index (χ2n) is 5.64. The predicted octanol–water partition coefficient (Wildman–Crippen LogP) is 2.73. The van der Waals surface area contributed by atoms with Crippen LogP contribution in [0.3, 0.4) is 0 Å². The van der Waals surface area contributed by atoms with Gasteiger partial charge < -0.3 is 9.88 Å². The fourth-order valence-electron chi connectivity index (χ4n) is 2.56. The van der Waals surface area contributed by atoms with Gasteiger partial charge in [0.2, 0.25) is 0 Å². The van der Waals surface area contributed by atoms with E-state index in [1.165, 1.54) is 12.8 Å². The summed E-state index contributed by atoms with van der Waals surface area (Å²) in [5.41, 5.74) is 4.38. The normalized spacial score (nSPS) is 14.7. The van der Waals surface area contributed by atoms with Gasteiger partial charge in [-0.25, -0.2) is 4.98 Å². The standard InChI is InChI=1S/C17H18N4/c1-2-7-17-16(6-1)19-12-21(17)11-15-5-3-4-14(20-15)10-18-13-8-9-13/h1-7,12-13,18H,8-11H2. The zero-order chi connectivity index (χ0) is 14.1. The number of nitrogens with zero attached hydrogens (tertiary/aromatic N) is 3. The lowest BCUT2D eigenvalue weighted by Crippen LogP contribution is -2.16. The molecule has 1 saturated carbocycles. The summed E-state index contributed by atoms with van der Waals surface area (Å²) >= 11 is 0. The maximum absolute atomic E-state index is 4.74. The monoisotopic (exact) mass is 278 g/mol. The Bertz CT molecular complexity index is 758. The van der Waals surface area contributed by atoms with Crippen LogP contribution < -0.4 is 5.32 Å². The number of imidazole rings is 1. The van der Waals surface area contributed by atoms with E-state index in [4.69, 9.17) is 4.98 Å². The van der Waals surface area contributed by atoms with Gasteiger partial charge in [-0.2, -0.15) is 0 Å². The molecule has 21 heavy (non-hydrogen) atoms. The summed E-state index contributed by atoms with van der Waals surface area (Å²) in [6, 6.07) is 15.2. The second-order valence-corrected chi connectivity index (χ2v) is 5.64. The van der Waals surface area contributed by atoms with E-state index in [-0.39, 0.29) is 0 Å². The zero-order valence-corrected chi connectivity index (χ0v) is 11.9. The zero-order valence-electron chi connectivity index (χ0n) is 11.9. The third-order valence-corrected chi connectivity index (χ3v) is 3.87. The minimum absolute atomic E-state index is 0.716. The summed E-state index contributed by atoms with van der Waals surface area (Å²) in [5, 5.41) is 3.51. The van der Waals surface area contributed by atoms with Crippen LogP contribution in [0, 0.1) is 0 Å². The van der Waals surface area contributed by atoms with Crippen molar-refractivity contribution in [3.63, 3.8) is 0 Å². The van der Waals surface area contributed by atoms with Crippen LogP contribution in [0.4, 0.5) is 0 Å². The molecule has 1 aliphatic carbocycles. The molecule has 0 atom stereocenters. The molecule has 4 nitrogen and oxygen atoms in total. The van der Waals surface area contributed by atoms with Crippen molar-refractivity contribution in [2.45, 2.75) is 32.0 Å². The van der Waals surface area contributed by atoms with Crippen LogP contribution in [-0.4, -0.2) is 20.6 Å². The van der Waals surface area contributed by atoms with Gasteiger partial charge in [0.25, 0.3) is 0 Å². The summed E-state index contributed by atoms with van der Waals surface area (Å²) in [5.74, 6) is 0. The van der Waals surface area contributed by atoms with Crippen molar-refractivity contribution < 1.29 is 0 Å². The Labute approximate surface area is 123 Å². The molecule has 1 fully saturated rings. The van der Waals surface area contributed by atoms with Crippen molar-refractivity contribution >= 4 is 11.0 Å². The van der Waals surface area contributed by atoms with Crippen molar-refractivity contribution in [2.24, 2.45) is 0 Å². The largest absolute Gasteiger partial charge is 0.324 e. The van der Waals surface area contributed by atoms with Crippen LogP contribution >= 0.6 is 0 Å². The molecule has 3 aromatic rings. The fourth-order valence-corrected chi connectivity index (χ4v) is 2.56. The van der Waals surface area contributed by atoms with Crippen molar-refractivity contribution in [3.05, 3.63) is 60.2 Å². The molecule has 1 N–H and O–H groups in total. The highest BCUT2D eigenvalue weighted by Crippen LogP contribution is 2.19. The number of para-hydroxylation sites is 2. The van der Waals surface area contributed by atoms with Gasteiger partial charge in [0, 0.05) is 12.6 Å². The van der Waals surface area contributed by atoms with Gasteiger partial charge in [0.15, 0.2) is 0 Å². The SMILES string of the molecule is c1cc(CNC2CC2)nc(Cn2cnc3ccccc32)c1. The Balaban J connectivity index is 1.54. The number of benzene rings is 1. The Morgan fingerprint density at radius 3 is 2.81 bits per heavy atom. The molecule has 4 rings (SSSR count). The van der Waals surface area contributed by atoms with E-state index in [0.29, 0.717) is 6.04 Å². The smallest absolute Gasteiger partial charge is 0.0962 e. The van der Waals surface area contributed by atoms with Gasteiger partial charge in [-0.05, 0) is 37.1 Å². The van der Waals surface area contributed by atoms with Gasteiger partial charge in [-0.1, -0.05) is 18.2 Å². The van der Waals surface area contributed by atoms with E-state index in [2.05, 4.69) is 39.1 Å². The number of hydrogen-bond acceptors (Lipinski definition) is 3. The fraction of sp³-hybridized carbons (Fsp3) is 0.294. The maximum atomic E-state index is 4.74. The molecule has 0 unspecified atom stereocenters. The van der Waals surface area contributed by atoms with Gasteiger partial charge in [-0.3, -0.25) is 4.98 Å². The summed E-state index contributed by atoms with van der Waals surface area (Å²) in [7, 11) is 0. The molecule has 0 radical (unpaired) electrons. The van der Waals surface area contributed by atoms with Crippen molar-refractivity contribution in [1.29, 1.82) is 0 Å². The summed E-state index contributed by atoms with van der Waals surface area (Å²) in [6.07, 6.45) is 4.50. The first kappa shape index (κ1) is 12.5. The molecular formula is C17H18N4. The number of pyridine rings is 1. The first-order chi connectivity index (χ1) is 10.4. The van der Waals surface area contributed by atoms with E-state index >= 15 is 0 Å². The number of rotatable bonds is 5. The molecule has 2 heterocycles. The molecule has 0 saturated heterocycles. The average molecular weight is 278 g/mol. The third kappa shape index (κ3) is 2.81. The molecule has 2 aromatic heterocycles. The number of hydrogen-bond donors (Lipinski definition) is 1. The Morgan fingerprint density at radius 2 is 1.90 bits per heavy atom. The molecule has 0 spiro atoms. The maximum Gasteiger partial charge on any atom is 0.0962 e. The first-order valence-electron chi connectivity index (χ1n) is 7.46. The molecule has 4 heteroatoms. The quantitative estimate of drug-likeness (QED) is 0.780. The second kappa shape index (κ2) is 5.30.